The third kappa shape index (κ3) is 3.41. The Morgan fingerprint density at radius 2 is 1.81 bits per heavy atom. The van der Waals surface area contributed by atoms with Gasteiger partial charge < -0.3 is 15.2 Å². The number of aromatic carboxylic acids is 1. The summed E-state index contributed by atoms with van der Waals surface area (Å²) in [5.74, 6) is -1.18. The van der Waals surface area contributed by atoms with Crippen molar-refractivity contribution in [2.24, 2.45) is 0 Å². The molecule has 1 amide bonds. The Hall–Kier alpha value is -2.34. The lowest BCUT2D eigenvalue weighted by molar-refractivity contribution is 0.0692. The van der Waals surface area contributed by atoms with Gasteiger partial charge in [0.1, 0.15) is 5.75 Å². The fraction of sp³-hybridized carbons (Fsp3) is 0.0667. The minimum Gasteiger partial charge on any atom is -0.495 e. The number of rotatable bonds is 4. The van der Waals surface area contributed by atoms with Crippen molar-refractivity contribution in [3.05, 3.63) is 58.1 Å². The minimum atomic E-state index is -1.15. The molecule has 0 bridgehead atoms. The molecule has 0 unspecified atom stereocenters. The average molecular weight is 350 g/mol. The molecule has 2 N–H and O–H groups in total. The Morgan fingerprint density at radius 1 is 1.14 bits per heavy atom. The summed E-state index contributed by atoms with van der Waals surface area (Å²) in [6.45, 7) is 0. The molecule has 2 aromatic carbocycles. The second-order valence-electron chi connectivity index (χ2n) is 4.15. The lowest BCUT2D eigenvalue weighted by Crippen LogP contribution is -2.16. The number of hydrogen-bond donors (Lipinski definition) is 2. The zero-order chi connectivity index (χ0) is 15.4. The quantitative estimate of drug-likeness (QED) is 0.886. The van der Waals surface area contributed by atoms with Crippen LogP contribution in [0.1, 0.15) is 20.7 Å². The molecule has 0 saturated heterocycles. The number of benzene rings is 2. The maximum absolute atomic E-state index is 12.3. The predicted octanol–water partition coefficient (Wildman–Crippen LogP) is 3.41. The van der Waals surface area contributed by atoms with E-state index in [4.69, 9.17) is 9.84 Å². The van der Waals surface area contributed by atoms with Crippen molar-refractivity contribution in [1.29, 1.82) is 0 Å². The molecular formula is C15H12BrNO4. The van der Waals surface area contributed by atoms with E-state index in [0.717, 1.165) is 4.47 Å². The number of nitrogens with one attached hydrogen (secondary N) is 1. The fourth-order valence-electron chi connectivity index (χ4n) is 1.84. The summed E-state index contributed by atoms with van der Waals surface area (Å²) in [5, 5.41) is 11.8. The molecule has 6 heteroatoms. The van der Waals surface area contributed by atoms with Crippen LogP contribution in [0.25, 0.3) is 0 Å². The van der Waals surface area contributed by atoms with E-state index in [-0.39, 0.29) is 11.1 Å². The van der Waals surface area contributed by atoms with E-state index < -0.39 is 11.9 Å². The first kappa shape index (κ1) is 15.1. The Bertz CT molecular complexity index is 700. The number of carboxylic acid groups (broad SMARTS) is 1. The van der Waals surface area contributed by atoms with E-state index in [0.29, 0.717) is 11.4 Å². The molecule has 108 valence electrons. The van der Waals surface area contributed by atoms with Crippen molar-refractivity contribution in [2.45, 2.75) is 0 Å². The van der Waals surface area contributed by atoms with Gasteiger partial charge in [0.15, 0.2) is 0 Å². The van der Waals surface area contributed by atoms with Crippen LogP contribution in [0.3, 0.4) is 0 Å². The molecule has 0 aliphatic heterocycles. The number of hydrogen-bond acceptors (Lipinski definition) is 3. The largest absolute Gasteiger partial charge is 0.495 e. The number of carbonyl (C=O) groups excluding carboxylic acids is 1. The van der Waals surface area contributed by atoms with E-state index in [1.807, 2.05) is 0 Å². The van der Waals surface area contributed by atoms with Gasteiger partial charge in [0.25, 0.3) is 5.91 Å². The van der Waals surface area contributed by atoms with Crippen LogP contribution < -0.4 is 10.1 Å². The van der Waals surface area contributed by atoms with Crippen LogP contribution in [0.15, 0.2) is 46.9 Å². The number of carbonyl (C=O) groups is 2. The highest BCUT2D eigenvalue weighted by molar-refractivity contribution is 9.10. The average Bonchev–Trinajstić information content (AvgIpc) is 2.47. The van der Waals surface area contributed by atoms with Crippen LogP contribution in [0.5, 0.6) is 5.75 Å². The Labute approximate surface area is 129 Å². The first-order chi connectivity index (χ1) is 10.0. The van der Waals surface area contributed by atoms with E-state index in [9.17, 15) is 9.59 Å². The summed E-state index contributed by atoms with van der Waals surface area (Å²) in [6, 6.07) is 11.2. The number of ether oxygens (including phenoxy) is 1. The molecular weight excluding hydrogens is 338 g/mol. The molecule has 0 heterocycles. The van der Waals surface area contributed by atoms with Gasteiger partial charge in [-0.25, -0.2) is 4.79 Å². The molecule has 0 radical (unpaired) electrons. The highest BCUT2D eigenvalue weighted by Crippen LogP contribution is 2.28. The lowest BCUT2D eigenvalue weighted by Gasteiger charge is -2.11. The van der Waals surface area contributed by atoms with Gasteiger partial charge in [-0.1, -0.05) is 28.1 Å². The van der Waals surface area contributed by atoms with Crippen LogP contribution in [-0.4, -0.2) is 24.1 Å². The van der Waals surface area contributed by atoms with Gasteiger partial charge in [0.05, 0.1) is 23.9 Å². The molecule has 0 aliphatic rings. The van der Waals surface area contributed by atoms with Gasteiger partial charge in [-0.2, -0.15) is 0 Å². The molecule has 5 nitrogen and oxygen atoms in total. The van der Waals surface area contributed by atoms with Gasteiger partial charge in [-0.15, -0.1) is 0 Å². The van der Waals surface area contributed by atoms with E-state index in [1.165, 1.54) is 19.2 Å². The molecule has 2 rings (SSSR count). The molecule has 0 aromatic heterocycles. The van der Waals surface area contributed by atoms with Crippen molar-refractivity contribution >= 4 is 33.5 Å². The highest BCUT2D eigenvalue weighted by Gasteiger charge is 2.17. The van der Waals surface area contributed by atoms with E-state index >= 15 is 0 Å². The second-order valence-corrected chi connectivity index (χ2v) is 5.07. The monoisotopic (exact) mass is 349 g/mol. The smallest absolute Gasteiger partial charge is 0.336 e. The molecule has 0 fully saturated rings. The molecule has 0 spiro atoms. The van der Waals surface area contributed by atoms with Gasteiger partial charge in [0, 0.05) is 4.47 Å². The van der Waals surface area contributed by atoms with Crippen molar-refractivity contribution in [2.75, 3.05) is 12.4 Å². The number of halogens is 1. The highest BCUT2D eigenvalue weighted by atomic mass is 79.9. The molecule has 2 aromatic rings. The van der Waals surface area contributed by atoms with Crippen LogP contribution >= 0.6 is 15.9 Å². The van der Waals surface area contributed by atoms with Crippen molar-refractivity contribution in [3.63, 3.8) is 0 Å². The minimum absolute atomic E-state index is 0.0519. The predicted molar refractivity (Wildman–Crippen MR) is 82.0 cm³/mol. The normalized spacial score (nSPS) is 10.0. The Morgan fingerprint density at radius 3 is 2.43 bits per heavy atom. The van der Waals surface area contributed by atoms with Crippen LogP contribution in [0, 0.1) is 0 Å². The number of amides is 1. The lowest BCUT2D eigenvalue weighted by atomic mass is 10.1. The Balaban J connectivity index is 2.35. The number of anilines is 1. The van der Waals surface area contributed by atoms with Gasteiger partial charge in [0.2, 0.25) is 0 Å². The zero-order valence-electron chi connectivity index (χ0n) is 11.1. The van der Waals surface area contributed by atoms with E-state index in [1.54, 1.807) is 30.3 Å². The molecule has 0 aliphatic carbocycles. The first-order valence-corrected chi connectivity index (χ1v) is 6.79. The maximum Gasteiger partial charge on any atom is 0.336 e. The van der Waals surface area contributed by atoms with Crippen molar-refractivity contribution in [3.8, 4) is 5.75 Å². The summed E-state index contributed by atoms with van der Waals surface area (Å²) < 4.78 is 5.93. The van der Waals surface area contributed by atoms with Crippen LogP contribution in [0.4, 0.5) is 5.69 Å². The summed E-state index contributed by atoms with van der Waals surface area (Å²) in [6.07, 6.45) is 0. The van der Waals surface area contributed by atoms with Crippen molar-refractivity contribution < 1.29 is 19.4 Å². The third-order valence-electron chi connectivity index (χ3n) is 2.81. The third-order valence-corrected chi connectivity index (χ3v) is 3.31. The maximum atomic E-state index is 12.3. The number of carboxylic acids is 1. The molecule has 0 atom stereocenters. The van der Waals surface area contributed by atoms with Gasteiger partial charge in [-0.3, -0.25) is 4.79 Å². The summed E-state index contributed by atoms with van der Waals surface area (Å²) in [7, 11) is 1.49. The Kier molecular flexibility index (Phi) is 4.59. The number of methoxy groups -OCH3 is 1. The molecule has 0 saturated carbocycles. The SMILES string of the molecule is COc1ccc(Br)cc1NC(=O)c1ccccc1C(=O)O. The topological polar surface area (TPSA) is 75.6 Å². The second kappa shape index (κ2) is 6.41. The van der Waals surface area contributed by atoms with E-state index in [2.05, 4.69) is 21.2 Å². The summed E-state index contributed by atoms with van der Waals surface area (Å²) in [5.41, 5.74) is 0.494. The summed E-state index contributed by atoms with van der Waals surface area (Å²) >= 11 is 3.31. The first-order valence-electron chi connectivity index (χ1n) is 6.00. The zero-order valence-corrected chi connectivity index (χ0v) is 12.7. The standard InChI is InChI=1S/C15H12BrNO4/c1-21-13-7-6-9(16)8-12(13)17-14(18)10-4-2-3-5-11(10)15(19)20/h2-8H,1H3,(H,17,18)(H,19,20). The van der Waals surface area contributed by atoms with Crippen LogP contribution in [-0.2, 0) is 0 Å². The van der Waals surface area contributed by atoms with Gasteiger partial charge >= 0.3 is 5.97 Å². The molecule has 21 heavy (non-hydrogen) atoms. The van der Waals surface area contributed by atoms with Crippen LogP contribution in [0.2, 0.25) is 0 Å². The fourth-order valence-corrected chi connectivity index (χ4v) is 2.20. The van der Waals surface area contributed by atoms with Crippen molar-refractivity contribution in [1.82, 2.24) is 0 Å². The summed E-state index contributed by atoms with van der Waals surface area (Å²) in [4.78, 5) is 23.4. The van der Waals surface area contributed by atoms with Gasteiger partial charge in [-0.05, 0) is 30.3 Å².